The number of nitrogens with zero attached hydrogens (tertiary/aromatic N) is 1. The third-order valence-corrected chi connectivity index (χ3v) is 4.82. The SMILES string of the molecule is CC(C)(C)Sc1ccc(NC(=O)N2CCCC(C(=O)O)C2)cc1F. The van der Waals surface area contributed by atoms with Crippen molar-refractivity contribution in [2.24, 2.45) is 5.92 Å². The summed E-state index contributed by atoms with van der Waals surface area (Å²) in [5, 5.41) is 11.7. The molecule has 0 saturated carbocycles. The van der Waals surface area contributed by atoms with Crippen LogP contribution in [0.15, 0.2) is 23.1 Å². The normalized spacial score (nSPS) is 18.3. The van der Waals surface area contributed by atoms with Crippen LogP contribution in [0.2, 0.25) is 0 Å². The van der Waals surface area contributed by atoms with Crippen LogP contribution in [0.3, 0.4) is 0 Å². The highest BCUT2D eigenvalue weighted by molar-refractivity contribution is 8.00. The Kier molecular flexibility index (Phi) is 5.74. The van der Waals surface area contributed by atoms with E-state index in [1.807, 2.05) is 20.8 Å². The van der Waals surface area contributed by atoms with E-state index in [1.165, 1.54) is 22.7 Å². The van der Waals surface area contributed by atoms with Crippen molar-refractivity contribution in [3.05, 3.63) is 24.0 Å². The average Bonchev–Trinajstić information content (AvgIpc) is 2.49. The maximum Gasteiger partial charge on any atom is 0.321 e. The monoisotopic (exact) mass is 354 g/mol. The van der Waals surface area contributed by atoms with Crippen LogP contribution in [-0.4, -0.2) is 39.8 Å². The third-order valence-electron chi connectivity index (χ3n) is 3.66. The second kappa shape index (κ2) is 7.42. The van der Waals surface area contributed by atoms with Gasteiger partial charge in [-0.3, -0.25) is 4.79 Å². The molecule has 1 atom stereocenters. The van der Waals surface area contributed by atoms with Gasteiger partial charge in [0.1, 0.15) is 5.82 Å². The standard InChI is InChI=1S/C17H23FN2O3S/c1-17(2,3)24-14-7-6-12(9-13(14)18)19-16(23)20-8-4-5-11(10-20)15(21)22/h6-7,9,11H,4-5,8,10H2,1-3H3,(H,19,23)(H,21,22). The lowest BCUT2D eigenvalue weighted by atomic mass is 9.99. The second-order valence-electron chi connectivity index (χ2n) is 6.91. The van der Waals surface area contributed by atoms with Gasteiger partial charge in [-0.05, 0) is 31.0 Å². The summed E-state index contributed by atoms with van der Waals surface area (Å²) in [6, 6.07) is 4.21. The Labute approximate surface area is 145 Å². The summed E-state index contributed by atoms with van der Waals surface area (Å²) >= 11 is 1.42. The second-order valence-corrected chi connectivity index (χ2v) is 8.78. The molecule has 1 heterocycles. The number of benzene rings is 1. The fourth-order valence-electron chi connectivity index (χ4n) is 2.56. The van der Waals surface area contributed by atoms with Gasteiger partial charge in [0.25, 0.3) is 0 Å². The summed E-state index contributed by atoms with van der Waals surface area (Å²) in [7, 11) is 0. The molecule has 2 amide bonds. The van der Waals surface area contributed by atoms with E-state index < -0.39 is 17.9 Å². The van der Waals surface area contributed by atoms with Gasteiger partial charge in [-0.1, -0.05) is 20.8 Å². The van der Waals surface area contributed by atoms with Crippen LogP contribution in [0.4, 0.5) is 14.9 Å². The Balaban J connectivity index is 2.01. The summed E-state index contributed by atoms with van der Waals surface area (Å²) in [6.07, 6.45) is 1.23. The zero-order chi connectivity index (χ0) is 17.9. The lowest BCUT2D eigenvalue weighted by Gasteiger charge is -2.30. The molecule has 5 nitrogen and oxygen atoms in total. The number of likely N-dealkylation sites (tertiary alicyclic amines) is 1. The number of anilines is 1. The predicted molar refractivity (Wildman–Crippen MR) is 93.0 cm³/mol. The Bertz CT molecular complexity index is 631. The van der Waals surface area contributed by atoms with Crippen molar-refractivity contribution >= 4 is 29.4 Å². The molecule has 1 aliphatic rings. The number of nitrogens with one attached hydrogen (secondary N) is 1. The van der Waals surface area contributed by atoms with Crippen LogP contribution >= 0.6 is 11.8 Å². The number of hydrogen-bond acceptors (Lipinski definition) is 3. The van der Waals surface area contributed by atoms with Crippen LogP contribution in [0, 0.1) is 11.7 Å². The molecular weight excluding hydrogens is 331 g/mol. The average molecular weight is 354 g/mol. The molecule has 1 fully saturated rings. The molecule has 1 saturated heterocycles. The summed E-state index contributed by atoms with van der Waals surface area (Å²) in [5.41, 5.74) is 0.369. The van der Waals surface area contributed by atoms with E-state index >= 15 is 0 Å². The molecule has 24 heavy (non-hydrogen) atoms. The first kappa shape index (κ1) is 18.6. The lowest BCUT2D eigenvalue weighted by molar-refractivity contribution is -0.143. The molecule has 0 bridgehead atoms. The molecule has 0 radical (unpaired) electrons. The van der Waals surface area contributed by atoms with Crippen molar-refractivity contribution in [2.75, 3.05) is 18.4 Å². The van der Waals surface area contributed by atoms with Crippen molar-refractivity contribution in [3.8, 4) is 0 Å². The van der Waals surface area contributed by atoms with Gasteiger partial charge in [0.2, 0.25) is 0 Å². The Morgan fingerprint density at radius 3 is 2.67 bits per heavy atom. The van der Waals surface area contributed by atoms with Gasteiger partial charge in [0, 0.05) is 28.4 Å². The summed E-state index contributed by atoms with van der Waals surface area (Å²) in [5.74, 6) is -1.80. The number of piperidine rings is 1. The van der Waals surface area contributed by atoms with E-state index in [9.17, 15) is 14.0 Å². The van der Waals surface area contributed by atoms with Crippen LogP contribution < -0.4 is 5.32 Å². The first-order chi connectivity index (χ1) is 11.2. The number of urea groups is 1. The number of carboxylic acid groups (broad SMARTS) is 1. The van der Waals surface area contributed by atoms with E-state index in [0.29, 0.717) is 30.0 Å². The molecule has 0 spiro atoms. The fourth-order valence-corrected chi connectivity index (χ4v) is 3.51. The first-order valence-corrected chi connectivity index (χ1v) is 8.74. The number of halogens is 1. The molecule has 2 rings (SSSR count). The lowest BCUT2D eigenvalue weighted by Crippen LogP contribution is -2.44. The third kappa shape index (κ3) is 5.12. The van der Waals surface area contributed by atoms with Gasteiger partial charge in [0.15, 0.2) is 0 Å². The van der Waals surface area contributed by atoms with Gasteiger partial charge in [-0.15, -0.1) is 11.8 Å². The summed E-state index contributed by atoms with van der Waals surface area (Å²) in [6.45, 7) is 6.70. The Morgan fingerprint density at radius 2 is 2.08 bits per heavy atom. The zero-order valence-corrected chi connectivity index (χ0v) is 15.0. The van der Waals surface area contributed by atoms with Crippen LogP contribution in [0.1, 0.15) is 33.6 Å². The molecule has 0 aliphatic carbocycles. The molecule has 132 valence electrons. The van der Waals surface area contributed by atoms with Crippen molar-refractivity contribution in [2.45, 2.75) is 43.3 Å². The Hall–Kier alpha value is -1.76. The number of amides is 2. The molecule has 7 heteroatoms. The number of aliphatic carboxylic acids is 1. The summed E-state index contributed by atoms with van der Waals surface area (Å²) < 4.78 is 14.1. The minimum Gasteiger partial charge on any atom is -0.481 e. The van der Waals surface area contributed by atoms with Gasteiger partial charge >= 0.3 is 12.0 Å². The van der Waals surface area contributed by atoms with E-state index in [4.69, 9.17) is 5.11 Å². The number of rotatable bonds is 3. The molecule has 1 unspecified atom stereocenters. The largest absolute Gasteiger partial charge is 0.481 e. The van der Waals surface area contributed by atoms with Gasteiger partial charge in [0.05, 0.1) is 5.92 Å². The maximum absolute atomic E-state index is 14.2. The van der Waals surface area contributed by atoms with Crippen LogP contribution in [0.5, 0.6) is 0 Å². The minimum absolute atomic E-state index is 0.106. The number of carbonyl (C=O) groups is 2. The molecule has 1 aromatic carbocycles. The number of hydrogen-bond donors (Lipinski definition) is 2. The van der Waals surface area contributed by atoms with Gasteiger partial charge in [-0.25, -0.2) is 9.18 Å². The molecule has 0 aromatic heterocycles. The Morgan fingerprint density at radius 1 is 1.38 bits per heavy atom. The highest BCUT2D eigenvalue weighted by atomic mass is 32.2. The minimum atomic E-state index is -0.887. The predicted octanol–water partition coefficient (Wildman–Crippen LogP) is 4.04. The zero-order valence-electron chi connectivity index (χ0n) is 14.1. The smallest absolute Gasteiger partial charge is 0.321 e. The van der Waals surface area contributed by atoms with Crippen molar-refractivity contribution in [1.29, 1.82) is 0 Å². The van der Waals surface area contributed by atoms with E-state index in [1.54, 1.807) is 12.1 Å². The van der Waals surface area contributed by atoms with Crippen molar-refractivity contribution < 1.29 is 19.1 Å². The van der Waals surface area contributed by atoms with Crippen molar-refractivity contribution in [3.63, 3.8) is 0 Å². The molecule has 1 aliphatic heterocycles. The molecule has 2 N–H and O–H groups in total. The topological polar surface area (TPSA) is 69.6 Å². The van der Waals surface area contributed by atoms with Gasteiger partial charge in [-0.2, -0.15) is 0 Å². The fraction of sp³-hybridized carbons (Fsp3) is 0.529. The van der Waals surface area contributed by atoms with Crippen LogP contribution in [-0.2, 0) is 4.79 Å². The molecule has 1 aromatic rings. The number of thioether (sulfide) groups is 1. The van der Waals surface area contributed by atoms with E-state index in [2.05, 4.69) is 5.32 Å². The van der Waals surface area contributed by atoms with E-state index in [-0.39, 0.29) is 17.1 Å². The van der Waals surface area contributed by atoms with Crippen LogP contribution in [0.25, 0.3) is 0 Å². The number of carbonyl (C=O) groups excluding carboxylic acids is 1. The number of carboxylic acids is 1. The maximum atomic E-state index is 14.2. The highest BCUT2D eigenvalue weighted by Gasteiger charge is 2.28. The van der Waals surface area contributed by atoms with Crippen molar-refractivity contribution in [1.82, 2.24) is 4.90 Å². The first-order valence-electron chi connectivity index (χ1n) is 7.93. The highest BCUT2D eigenvalue weighted by Crippen LogP contribution is 2.34. The molecular formula is C17H23FN2O3S. The van der Waals surface area contributed by atoms with E-state index in [0.717, 1.165) is 0 Å². The van der Waals surface area contributed by atoms with Gasteiger partial charge < -0.3 is 15.3 Å². The summed E-state index contributed by atoms with van der Waals surface area (Å²) in [4.78, 5) is 25.3. The quantitative estimate of drug-likeness (QED) is 0.804.